The van der Waals surface area contributed by atoms with Gasteiger partial charge in [-0.3, -0.25) is 0 Å². The van der Waals surface area contributed by atoms with E-state index < -0.39 is 110 Å². The molecule has 0 bridgehead atoms. The molecule has 0 atom stereocenters. The topological polar surface area (TPSA) is 119 Å². The number of rotatable bonds is 8. The highest BCUT2D eigenvalue weighted by atomic mass is 19.2. The number of benzene rings is 1. The minimum absolute atomic E-state index is 0.174. The van der Waals surface area contributed by atoms with Crippen molar-refractivity contribution in [2.24, 2.45) is 0 Å². The molecule has 0 aliphatic heterocycles. The summed E-state index contributed by atoms with van der Waals surface area (Å²) in [6.45, 7) is -1.11. The van der Waals surface area contributed by atoms with E-state index in [1.54, 1.807) is 0 Å². The van der Waals surface area contributed by atoms with Crippen molar-refractivity contribution in [3.8, 4) is 30.3 Å². The lowest BCUT2D eigenvalue weighted by Crippen LogP contribution is -2.06. The van der Waals surface area contributed by atoms with Gasteiger partial charge >= 0.3 is 0 Å². The second kappa shape index (κ2) is 15.1. The molecule has 0 N–H and O–H groups in total. The molecule has 0 saturated heterocycles. The second-order valence-corrected chi connectivity index (χ2v) is 7.35. The molecule has 1 aromatic carbocycles. The van der Waals surface area contributed by atoms with Gasteiger partial charge in [-0.25, -0.2) is 43.9 Å². The summed E-state index contributed by atoms with van der Waals surface area (Å²) in [4.78, 5) is 0. The third-order valence-electron chi connectivity index (χ3n) is 5.08. The van der Waals surface area contributed by atoms with Gasteiger partial charge in [0, 0.05) is 5.57 Å². The monoisotopic (exact) mass is 593 g/mol. The Bertz CT molecular complexity index is 1730. The van der Waals surface area contributed by atoms with Crippen LogP contribution in [0.15, 0.2) is 75.7 Å². The minimum Gasteiger partial charge on any atom is -0.243 e. The highest BCUT2D eigenvalue weighted by Gasteiger charge is 2.28. The normalized spacial score (nSPS) is 14.3. The Kier molecular flexibility index (Phi) is 12.3. The predicted molar refractivity (Wildman–Crippen MR) is 124 cm³/mol. The van der Waals surface area contributed by atoms with Crippen molar-refractivity contribution >= 4 is 5.57 Å². The van der Waals surface area contributed by atoms with Crippen LogP contribution < -0.4 is 0 Å². The lowest BCUT2D eigenvalue weighted by Gasteiger charge is -2.10. The third kappa shape index (κ3) is 6.83. The Labute approximate surface area is 230 Å². The summed E-state index contributed by atoms with van der Waals surface area (Å²) in [7, 11) is 0. The quantitative estimate of drug-likeness (QED) is 0.131. The molecule has 0 aliphatic carbocycles. The molecule has 0 aromatic heterocycles. The standard InChI is InChI=1S/C27H9F10N5/c1-12(20(31)6-30)18(10-41)13(2-14(7-38)17(5-29)23(33)22(32)16(4-28)9-40)3-15(8-39)21-26(36)24(34)19(11-42)25(35)27(21)37/h2-5H,6H2,1H3/b14-2-,15-3-,16-4+,17-5+,18-13+,20-12-,23-22-. The molecule has 0 unspecified atom stereocenters. The summed E-state index contributed by atoms with van der Waals surface area (Å²) < 4.78 is 140. The smallest absolute Gasteiger partial charge is 0.180 e. The number of nitriles is 5. The van der Waals surface area contributed by atoms with Crippen LogP contribution in [-0.4, -0.2) is 6.67 Å². The summed E-state index contributed by atoms with van der Waals surface area (Å²) in [6, 6.07) is 5.21. The van der Waals surface area contributed by atoms with Crippen LogP contribution in [0.1, 0.15) is 18.1 Å². The van der Waals surface area contributed by atoms with Crippen molar-refractivity contribution in [2.45, 2.75) is 6.92 Å². The maximum atomic E-state index is 14.6. The van der Waals surface area contributed by atoms with Gasteiger partial charge in [-0.2, -0.15) is 26.3 Å². The van der Waals surface area contributed by atoms with Crippen LogP contribution >= 0.6 is 0 Å². The predicted octanol–water partition coefficient (Wildman–Crippen LogP) is 7.89. The summed E-state index contributed by atoms with van der Waals surface area (Å²) in [5, 5.41) is 45.9. The first-order chi connectivity index (χ1) is 19.8. The van der Waals surface area contributed by atoms with Crippen LogP contribution in [0.3, 0.4) is 0 Å². The SMILES string of the molecule is CC(=C(/F)CF)/C(C#N)=C(\C=C(C#N)/C(=C\F)C(/F)=C(F)\C(C#N)=C\F)/C=C(/C#N)c1c(F)c(F)c(C#N)c(F)c1F. The van der Waals surface area contributed by atoms with Crippen LogP contribution in [-0.2, 0) is 0 Å². The first-order valence-corrected chi connectivity index (χ1v) is 10.5. The Morgan fingerprint density at radius 2 is 1.26 bits per heavy atom. The molecular weight excluding hydrogens is 584 g/mol. The van der Waals surface area contributed by atoms with Crippen LogP contribution in [0.5, 0.6) is 0 Å². The van der Waals surface area contributed by atoms with E-state index in [2.05, 4.69) is 0 Å². The highest BCUT2D eigenvalue weighted by Crippen LogP contribution is 2.33. The molecule has 15 heteroatoms. The number of hydrogen-bond acceptors (Lipinski definition) is 5. The maximum Gasteiger partial charge on any atom is 0.180 e. The first-order valence-electron chi connectivity index (χ1n) is 10.5. The van der Waals surface area contributed by atoms with E-state index in [-0.39, 0.29) is 12.2 Å². The Morgan fingerprint density at radius 1 is 0.714 bits per heavy atom. The fraction of sp³-hybridized carbons (Fsp3) is 0.0741. The van der Waals surface area contributed by atoms with Gasteiger partial charge in [0.1, 0.15) is 48.2 Å². The summed E-state index contributed by atoms with van der Waals surface area (Å²) >= 11 is 0. The zero-order valence-corrected chi connectivity index (χ0v) is 20.5. The van der Waals surface area contributed by atoms with Gasteiger partial charge in [0.15, 0.2) is 34.9 Å². The number of halogens is 10. The van der Waals surface area contributed by atoms with Gasteiger partial charge in [-0.15, -0.1) is 0 Å². The summed E-state index contributed by atoms with van der Waals surface area (Å²) in [6.07, 6.45) is -1.12. The second-order valence-electron chi connectivity index (χ2n) is 7.35. The van der Waals surface area contributed by atoms with Crippen molar-refractivity contribution in [1.82, 2.24) is 0 Å². The zero-order chi connectivity index (χ0) is 32.3. The first kappa shape index (κ1) is 34.2. The maximum absolute atomic E-state index is 14.6. The molecule has 0 fully saturated rings. The van der Waals surface area contributed by atoms with Crippen LogP contribution in [0.4, 0.5) is 43.9 Å². The van der Waals surface area contributed by atoms with Gasteiger partial charge in [-0.1, -0.05) is 0 Å². The van der Waals surface area contributed by atoms with Gasteiger partial charge in [-0.05, 0) is 24.6 Å². The van der Waals surface area contributed by atoms with Gasteiger partial charge in [0.05, 0.1) is 46.3 Å². The molecule has 0 amide bonds. The minimum atomic E-state index is -2.37. The average Bonchev–Trinajstić information content (AvgIpc) is 2.99. The molecule has 5 nitrogen and oxygen atoms in total. The molecule has 1 rings (SSSR count). The number of nitrogens with zero attached hydrogens (tertiary/aromatic N) is 5. The van der Waals surface area contributed by atoms with E-state index in [0.29, 0.717) is 0 Å². The van der Waals surface area contributed by atoms with Crippen LogP contribution in [0, 0.1) is 79.9 Å². The summed E-state index contributed by atoms with van der Waals surface area (Å²) in [5.74, 6) is -15.5. The van der Waals surface area contributed by atoms with Crippen molar-refractivity contribution in [3.05, 3.63) is 110 Å². The van der Waals surface area contributed by atoms with E-state index in [1.807, 2.05) is 0 Å². The Balaban J connectivity index is 4.41. The Hall–Kier alpha value is -5.85. The molecule has 0 spiro atoms. The van der Waals surface area contributed by atoms with E-state index in [9.17, 15) is 59.7 Å². The average molecular weight is 593 g/mol. The third-order valence-corrected chi connectivity index (χ3v) is 5.08. The van der Waals surface area contributed by atoms with E-state index in [0.717, 1.165) is 31.2 Å². The molecule has 212 valence electrons. The number of hydrogen-bond donors (Lipinski definition) is 0. The zero-order valence-electron chi connectivity index (χ0n) is 20.5. The molecule has 0 radical (unpaired) electrons. The Morgan fingerprint density at radius 3 is 1.64 bits per heavy atom. The summed E-state index contributed by atoms with van der Waals surface area (Å²) in [5.41, 5.74) is -12.6. The molecular formula is C27H9F10N5. The van der Waals surface area contributed by atoms with Crippen molar-refractivity contribution in [1.29, 1.82) is 26.3 Å². The fourth-order valence-electron chi connectivity index (χ4n) is 2.98. The van der Waals surface area contributed by atoms with Gasteiger partial charge in [0.2, 0.25) is 0 Å². The van der Waals surface area contributed by atoms with Crippen molar-refractivity contribution in [3.63, 3.8) is 0 Å². The van der Waals surface area contributed by atoms with Crippen molar-refractivity contribution in [2.75, 3.05) is 6.67 Å². The molecule has 0 saturated carbocycles. The lowest BCUT2D eigenvalue weighted by atomic mass is 9.93. The molecule has 0 heterocycles. The number of allylic oxidation sites excluding steroid dienone is 12. The van der Waals surface area contributed by atoms with E-state index in [4.69, 9.17) is 10.5 Å². The molecule has 42 heavy (non-hydrogen) atoms. The van der Waals surface area contributed by atoms with Gasteiger partial charge < -0.3 is 0 Å². The van der Waals surface area contributed by atoms with E-state index >= 15 is 0 Å². The van der Waals surface area contributed by atoms with Crippen molar-refractivity contribution < 1.29 is 43.9 Å². The van der Waals surface area contributed by atoms with Gasteiger partial charge in [0.25, 0.3) is 0 Å². The van der Waals surface area contributed by atoms with Crippen LogP contribution in [0.25, 0.3) is 5.57 Å². The largest absolute Gasteiger partial charge is 0.243 e. The molecule has 0 aliphatic rings. The lowest BCUT2D eigenvalue weighted by molar-refractivity contribution is 0.447. The van der Waals surface area contributed by atoms with E-state index in [1.165, 1.54) is 6.07 Å². The highest BCUT2D eigenvalue weighted by molar-refractivity contribution is 5.81. The fourth-order valence-corrected chi connectivity index (χ4v) is 2.98. The number of alkyl halides is 1. The van der Waals surface area contributed by atoms with Crippen LogP contribution in [0.2, 0.25) is 0 Å². The molecule has 1 aromatic rings.